The Morgan fingerprint density at radius 3 is 2.71 bits per heavy atom. The minimum atomic E-state index is 0.209. The van der Waals surface area contributed by atoms with Crippen LogP contribution in [0, 0.1) is 73.9 Å². The van der Waals surface area contributed by atoms with Crippen LogP contribution in [0.2, 0.25) is 0 Å². The lowest BCUT2D eigenvalue weighted by Crippen LogP contribution is -2.67. The van der Waals surface area contributed by atoms with Gasteiger partial charge in [0, 0.05) is 41.9 Å². The summed E-state index contributed by atoms with van der Waals surface area (Å²) in [5.74, 6) is 6.50. The molecule has 15 aliphatic rings. The number of fused-ring (bicyclic) bond motifs is 3. The molecule has 0 aromatic rings. The minimum absolute atomic E-state index is 0.209. The van der Waals surface area contributed by atoms with Crippen molar-refractivity contribution in [3.63, 3.8) is 0 Å². The molecule has 3 aliphatic heterocycles. The number of likely N-dealkylation sites (tertiary alicyclic amines) is 2. The van der Waals surface area contributed by atoms with Crippen LogP contribution in [0.1, 0.15) is 110 Å². The first kappa shape index (κ1) is 26.3. The standard InChI is InChI=1S/C42H58N2O/c1-36-8-5-9-42-32(36)7-11-39-21-40(25(16-33(39)42)15-30(39)34(42)44(4)23-36)12-13-41-29-17-28-26-14-24-18-37(2,22-43(3)20-24)27(26)6-10-38(28,19-31(29)41)35(41)45-40/h17,24-25,29-35H,5-16,18-23H2,1-4H3/t24?,25-,29+,30?,31?,32+,33+,34?,35-,36-,37-,38+,39+,40-,41+,42-/m0/s1. The number of rotatable bonds is 0. The van der Waals surface area contributed by atoms with Gasteiger partial charge in [0.1, 0.15) is 0 Å². The van der Waals surface area contributed by atoms with Gasteiger partial charge < -0.3 is 14.5 Å². The van der Waals surface area contributed by atoms with Gasteiger partial charge >= 0.3 is 0 Å². The van der Waals surface area contributed by atoms with Crippen molar-refractivity contribution in [3.8, 4) is 0 Å². The molecule has 3 nitrogen and oxygen atoms in total. The molecular weight excluding hydrogens is 548 g/mol. The molecule has 3 heteroatoms. The SMILES string of the molecule is CN1CC2CC3=C(CC[C@@]45CC6[C@@H](C=C34)[C@]63CC[C@@]4(C[C@]67CC[C@@H]8[C@@]9(C)CCC[C@]8%10C(C6C[C@H]4C[C@H]7%10)N(C)C9)O[C@@H]53)[C@@](C)(C2)C1. The zero-order valence-corrected chi connectivity index (χ0v) is 28.8. The van der Waals surface area contributed by atoms with Crippen LogP contribution in [0.5, 0.6) is 0 Å². The first-order valence-corrected chi connectivity index (χ1v) is 20.1. The molecule has 3 saturated heterocycles. The summed E-state index contributed by atoms with van der Waals surface area (Å²) in [7, 11) is 4.96. The van der Waals surface area contributed by atoms with Crippen LogP contribution >= 0.6 is 0 Å². The average Bonchev–Trinajstić information content (AvgIpc) is 3.53. The maximum atomic E-state index is 8.21. The molecular formula is C42H58N2O. The van der Waals surface area contributed by atoms with E-state index in [1.54, 1.807) is 25.7 Å². The Kier molecular flexibility index (Phi) is 4.25. The topological polar surface area (TPSA) is 15.7 Å². The summed E-state index contributed by atoms with van der Waals surface area (Å²) in [5, 5.41) is 0. The van der Waals surface area contributed by atoms with Crippen molar-refractivity contribution in [1.29, 1.82) is 0 Å². The number of ether oxygens (including phenoxy) is 1. The Labute approximate surface area is 272 Å². The average molecular weight is 607 g/mol. The van der Waals surface area contributed by atoms with Crippen LogP contribution in [0.4, 0.5) is 0 Å². The second-order valence-electron chi connectivity index (χ2n) is 21.5. The number of allylic oxidation sites excluding steroid dienone is 2. The van der Waals surface area contributed by atoms with Crippen molar-refractivity contribution >= 4 is 0 Å². The third kappa shape index (κ3) is 2.47. The van der Waals surface area contributed by atoms with Gasteiger partial charge in [-0.25, -0.2) is 0 Å². The van der Waals surface area contributed by atoms with Gasteiger partial charge in [0.25, 0.3) is 0 Å². The predicted molar refractivity (Wildman–Crippen MR) is 176 cm³/mol. The highest BCUT2D eigenvalue weighted by Gasteiger charge is 2.86. The van der Waals surface area contributed by atoms with Gasteiger partial charge in [-0.05, 0) is 173 Å². The normalized spacial score (nSPS) is 67.0. The van der Waals surface area contributed by atoms with E-state index in [4.69, 9.17) is 4.74 Å². The highest BCUT2D eigenvalue weighted by Crippen LogP contribution is 2.88. The van der Waals surface area contributed by atoms with Crippen LogP contribution in [-0.4, -0.2) is 61.3 Å². The van der Waals surface area contributed by atoms with Crippen molar-refractivity contribution < 1.29 is 4.74 Å². The van der Waals surface area contributed by atoms with Crippen molar-refractivity contribution in [3.05, 3.63) is 22.8 Å². The highest BCUT2D eigenvalue weighted by molar-refractivity contribution is 5.56. The molecule has 5 spiro atoms. The fourth-order valence-electron chi connectivity index (χ4n) is 20.0. The molecule has 15 rings (SSSR count). The highest BCUT2D eigenvalue weighted by atomic mass is 16.5. The minimum Gasteiger partial charge on any atom is -0.370 e. The van der Waals surface area contributed by atoms with E-state index in [0.717, 1.165) is 47.5 Å². The molecule has 4 unspecified atom stereocenters. The van der Waals surface area contributed by atoms with Gasteiger partial charge in [-0.3, -0.25) is 0 Å². The third-order valence-corrected chi connectivity index (χ3v) is 20.4. The van der Waals surface area contributed by atoms with Crippen LogP contribution in [0.3, 0.4) is 0 Å². The monoisotopic (exact) mass is 606 g/mol. The fourth-order valence-corrected chi connectivity index (χ4v) is 20.0. The van der Waals surface area contributed by atoms with Gasteiger partial charge in [0.15, 0.2) is 0 Å². The maximum absolute atomic E-state index is 8.21. The zero-order valence-electron chi connectivity index (χ0n) is 28.8. The summed E-state index contributed by atoms with van der Waals surface area (Å²) in [5.41, 5.74) is 9.02. The molecule has 242 valence electrons. The van der Waals surface area contributed by atoms with E-state index >= 15 is 0 Å². The second-order valence-corrected chi connectivity index (χ2v) is 21.5. The van der Waals surface area contributed by atoms with Gasteiger partial charge in [0.05, 0.1) is 11.7 Å². The Morgan fingerprint density at radius 1 is 0.889 bits per heavy atom. The van der Waals surface area contributed by atoms with Gasteiger partial charge in [-0.1, -0.05) is 31.9 Å². The summed E-state index contributed by atoms with van der Waals surface area (Å²) in [6, 6.07) is 0.888. The molecule has 11 fully saturated rings. The van der Waals surface area contributed by atoms with Gasteiger partial charge in [-0.15, -0.1) is 0 Å². The molecule has 0 N–H and O–H groups in total. The maximum Gasteiger partial charge on any atom is 0.0744 e. The molecule has 0 aromatic carbocycles. The van der Waals surface area contributed by atoms with Crippen LogP contribution in [0.25, 0.3) is 0 Å². The molecule has 45 heavy (non-hydrogen) atoms. The number of hydrogen-bond acceptors (Lipinski definition) is 3. The summed E-state index contributed by atoms with van der Waals surface area (Å²) in [4.78, 5) is 5.64. The molecule has 0 amide bonds. The predicted octanol–water partition coefficient (Wildman–Crippen LogP) is 7.87. The fraction of sp³-hybridized carbons (Fsp3) is 0.905. The van der Waals surface area contributed by atoms with Gasteiger partial charge in [0.2, 0.25) is 0 Å². The Balaban J connectivity index is 0.894. The molecule has 12 bridgehead atoms. The van der Waals surface area contributed by atoms with E-state index in [-0.39, 0.29) is 5.60 Å². The quantitative estimate of drug-likeness (QED) is 0.279. The lowest BCUT2D eigenvalue weighted by atomic mass is 9.38. The van der Waals surface area contributed by atoms with Crippen molar-refractivity contribution in [1.82, 2.24) is 9.80 Å². The summed E-state index contributed by atoms with van der Waals surface area (Å²) in [6.45, 7) is 9.35. The molecule has 0 aromatic heterocycles. The van der Waals surface area contributed by atoms with Crippen LogP contribution in [-0.2, 0) is 4.74 Å². The second kappa shape index (κ2) is 7.28. The van der Waals surface area contributed by atoms with E-state index in [9.17, 15) is 0 Å². The lowest BCUT2D eigenvalue weighted by molar-refractivity contribution is -0.284. The van der Waals surface area contributed by atoms with Crippen LogP contribution in [0.15, 0.2) is 22.8 Å². The molecule has 3 heterocycles. The van der Waals surface area contributed by atoms with Crippen molar-refractivity contribution in [2.24, 2.45) is 73.9 Å². The van der Waals surface area contributed by atoms with Crippen molar-refractivity contribution in [2.45, 2.75) is 128 Å². The van der Waals surface area contributed by atoms with E-state index in [0.29, 0.717) is 38.6 Å². The zero-order chi connectivity index (χ0) is 29.7. The molecule has 16 atom stereocenters. The van der Waals surface area contributed by atoms with Crippen LogP contribution < -0.4 is 0 Å². The van der Waals surface area contributed by atoms with Crippen molar-refractivity contribution in [2.75, 3.05) is 33.7 Å². The smallest absolute Gasteiger partial charge is 0.0744 e. The number of piperidine rings is 2. The summed E-state index contributed by atoms with van der Waals surface area (Å²) >= 11 is 0. The molecule has 12 aliphatic carbocycles. The largest absolute Gasteiger partial charge is 0.370 e. The van der Waals surface area contributed by atoms with E-state index < -0.39 is 0 Å². The number of nitrogens with zero attached hydrogens (tertiary/aromatic N) is 2. The molecule has 0 radical (unpaired) electrons. The van der Waals surface area contributed by atoms with Gasteiger partial charge in [-0.2, -0.15) is 0 Å². The Hall–Kier alpha value is -0.640. The third-order valence-electron chi connectivity index (χ3n) is 20.4. The summed E-state index contributed by atoms with van der Waals surface area (Å²) < 4.78 is 8.21. The summed E-state index contributed by atoms with van der Waals surface area (Å²) in [6.07, 6.45) is 25.7. The Bertz CT molecular complexity index is 1550. The lowest BCUT2D eigenvalue weighted by Gasteiger charge is -2.70. The first-order valence-electron chi connectivity index (χ1n) is 20.1. The molecule has 8 saturated carbocycles. The van der Waals surface area contributed by atoms with E-state index in [2.05, 4.69) is 43.8 Å². The van der Waals surface area contributed by atoms with E-state index in [1.807, 2.05) is 16.7 Å². The first-order chi connectivity index (χ1) is 21.6. The Morgan fingerprint density at radius 2 is 1.80 bits per heavy atom. The number of hydrogen-bond donors (Lipinski definition) is 0. The van der Waals surface area contributed by atoms with E-state index in [1.165, 1.54) is 90.3 Å².